The lowest BCUT2D eigenvalue weighted by molar-refractivity contribution is -0.165. The molecule has 0 spiro atoms. The number of nitrogen functional groups attached to an aromatic ring is 1. The molecule has 0 aliphatic carbocycles. The molecular formula is C19H29BrN2O2. The van der Waals surface area contributed by atoms with E-state index in [0.717, 1.165) is 36.0 Å². The van der Waals surface area contributed by atoms with Gasteiger partial charge in [-0.3, -0.25) is 0 Å². The fourth-order valence-corrected chi connectivity index (χ4v) is 4.84. The van der Waals surface area contributed by atoms with Gasteiger partial charge < -0.3 is 20.1 Å². The van der Waals surface area contributed by atoms with Crippen LogP contribution in [0.4, 0.5) is 11.4 Å². The van der Waals surface area contributed by atoms with E-state index in [-0.39, 0.29) is 6.29 Å². The van der Waals surface area contributed by atoms with Crippen molar-refractivity contribution in [2.45, 2.75) is 70.7 Å². The smallest absolute Gasteiger partial charge is 0.157 e. The van der Waals surface area contributed by atoms with Crippen LogP contribution in [0.15, 0.2) is 16.6 Å². The summed E-state index contributed by atoms with van der Waals surface area (Å²) in [5.74, 6) is 0.436. The second-order valence-corrected chi connectivity index (χ2v) is 8.01. The minimum absolute atomic E-state index is 0.0394. The molecule has 2 N–H and O–H groups in total. The number of rotatable bonds is 5. The van der Waals surface area contributed by atoms with E-state index in [0.29, 0.717) is 24.6 Å². The lowest BCUT2D eigenvalue weighted by atomic mass is 9.92. The third-order valence-electron chi connectivity index (χ3n) is 5.18. The van der Waals surface area contributed by atoms with Gasteiger partial charge >= 0.3 is 0 Å². The summed E-state index contributed by atoms with van der Waals surface area (Å²) >= 11 is 3.73. The van der Waals surface area contributed by atoms with E-state index >= 15 is 0 Å². The molecule has 0 aromatic heterocycles. The number of hydrogen-bond donors (Lipinski definition) is 1. The summed E-state index contributed by atoms with van der Waals surface area (Å²) in [5, 5.41) is 0. The topological polar surface area (TPSA) is 47.7 Å². The zero-order valence-electron chi connectivity index (χ0n) is 14.9. The number of hydrogen-bond acceptors (Lipinski definition) is 4. The summed E-state index contributed by atoms with van der Waals surface area (Å²) in [6.07, 6.45) is 4.39. The second kappa shape index (κ2) is 7.63. The first-order chi connectivity index (χ1) is 11.5. The predicted octanol–water partition coefficient (Wildman–Crippen LogP) is 4.67. The Bertz CT molecular complexity index is 573. The minimum atomic E-state index is -0.0394. The molecule has 1 aromatic rings. The third kappa shape index (κ3) is 3.44. The average molecular weight is 397 g/mol. The number of benzene rings is 1. The number of ether oxygens (including phenoxy) is 2. The second-order valence-electron chi connectivity index (χ2n) is 7.15. The van der Waals surface area contributed by atoms with Gasteiger partial charge in [-0.2, -0.15) is 0 Å². The number of fused-ring (bicyclic) bond motifs is 1. The minimum Gasteiger partial charge on any atom is -0.399 e. The SMILES string of the molecule is CCC1c2cc(N)cc(Br)c2N(C(C)C)C1COC1CCCCO1. The van der Waals surface area contributed by atoms with E-state index in [1.807, 2.05) is 6.07 Å². The molecule has 0 saturated carbocycles. The Morgan fingerprint density at radius 3 is 2.79 bits per heavy atom. The third-order valence-corrected chi connectivity index (χ3v) is 5.79. The van der Waals surface area contributed by atoms with Crippen LogP contribution in [0.2, 0.25) is 0 Å². The van der Waals surface area contributed by atoms with Crippen LogP contribution in [-0.4, -0.2) is 31.6 Å². The van der Waals surface area contributed by atoms with Crippen LogP contribution in [0, 0.1) is 0 Å². The molecule has 1 fully saturated rings. The van der Waals surface area contributed by atoms with Crippen LogP contribution >= 0.6 is 15.9 Å². The molecule has 3 atom stereocenters. The Hall–Kier alpha value is -0.780. The lowest BCUT2D eigenvalue weighted by Crippen LogP contribution is -2.43. The van der Waals surface area contributed by atoms with E-state index < -0.39 is 0 Å². The van der Waals surface area contributed by atoms with Crippen molar-refractivity contribution in [3.05, 3.63) is 22.2 Å². The Balaban J connectivity index is 1.85. The van der Waals surface area contributed by atoms with Crippen molar-refractivity contribution in [2.24, 2.45) is 0 Å². The van der Waals surface area contributed by atoms with Gasteiger partial charge in [-0.25, -0.2) is 0 Å². The van der Waals surface area contributed by atoms with E-state index in [1.165, 1.54) is 17.7 Å². The monoisotopic (exact) mass is 396 g/mol. The number of nitrogens with two attached hydrogens (primary N) is 1. The molecule has 0 radical (unpaired) electrons. The van der Waals surface area contributed by atoms with E-state index in [4.69, 9.17) is 15.2 Å². The highest BCUT2D eigenvalue weighted by Crippen LogP contribution is 2.48. The highest BCUT2D eigenvalue weighted by molar-refractivity contribution is 9.10. The van der Waals surface area contributed by atoms with Crippen molar-refractivity contribution in [1.82, 2.24) is 0 Å². The molecule has 5 heteroatoms. The number of anilines is 2. The zero-order valence-corrected chi connectivity index (χ0v) is 16.5. The largest absolute Gasteiger partial charge is 0.399 e. The molecule has 2 heterocycles. The van der Waals surface area contributed by atoms with Gasteiger partial charge in [-0.15, -0.1) is 0 Å². The summed E-state index contributed by atoms with van der Waals surface area (Å²) in [5.41, 5.74) is 9.55. The van der Waals surface area contributed by atoms with Crippen molar-refractivity contribution in [3.8, 4) is 0 Å². The Kier molecular flexibility index (Phi) is 5.73. The van der Waals surface area contributed by atoms with Crippen molar-refractivity contribution >= 4 is 27.3 Å². The first kappa shape index (κ1) is 18.0. The first-order valence-corrected chi connectivity index (χ1v) is 9.92. The lowest BCUT2D eigenvalue weighted by Gasteiger charge is -2.35. The Morgan fingerprint density at radius 1 is 1.38 bits per heavy atom. The fourth-order valence-electron chi connectivity index (χ4n) is 4.14. The molecule has 3 rings (SSSR count). The summed E-state index contributed by atoms with van der Waals surface area (Å²) in [6.45, 7) is 8.26. The normalized spacial score (nSPS) is 26.9. The maximum absolute atomic E-state index is 6.17. The van der Waals surface area contributed by atoms with Crippen LogP contribution in [0.5, 0.6) is 0 Å². The van der Waals surface area contributed by atoms with Gasteiger partial charge in [0.05, 0.1) is 18.3 Å². The molecule has 24 heavy (non-hydrogen) atoms. The summed E-state index contributed by atoms with van der Waals surface area (Å²) < 4.78 is 13.0. The van der Waals surface area contributed by atoms with Crippen molar-refractivity contribution in [3.63, 3.8) is 0 Å². The van der Waals surface area contributed by atoms with Gasteiger partial charge in [0.2, 0.25) is 0 Å². The van der Waals surface area contributed by atoms with Crippen LogP contribution in [0.3, 0.4) is 0 Å². The van der Waals surface area contributed by atoms with Gasteiger partial charge in [-0.1, -0.05) is 6.92 Å². The van der Waals surface area contributed by atoms with E-state index in [1.54, 1.807) is 0 Å². The van der Waals surface area contributed by atoms with Crippen molar-refractivity contribution in [1.29, 1.82) is 0 Å². The molecule has 4 nitrogen and oxygen atoms in total. The van der Waals surface area contributed by atoms with E-state index in [2.05, 4.69) is 47.7 Å². The highest BCUT2D eigenvalue weighted by atomic mass is 79.9. The molecule has 3 unspecified atom stereocenters. The fraction of sp³-hybridized carbons (Fsp3) is 0.684. The molecule has 1 saturated heterocycles. The number of halogens is 1. The van der Waals surface area contributed by atoms with Crippen LogP contribution in [-0.2, 0) is 9.47 Å². The Morgan fingerprint density at radius 2 is 2.17 bits per heavy atom. The predicted molar refractivity (Wildman–Crippen MR) is 103 cm³/mol. The number of nitrogens with zero attached hydrogens (tertiary/aromatic N) is 1. The summed E-state index contributed by atoms with van der Waals surface area (Å²) in [6, 6.07) is 4.88. The Labute approximate surface area is 153 Å². The molecule has 134 valence electrons. The van der Waals surface area contributed by atoms with E-state index in [9.17, 15) is 0 Å². The average Bonchev–Trinajstić information content (AvgIpc) is 2.87. The van der Waals surface area contributed by atoms with Crippen LogP contribution in [0.1, 0.15) is 57.9 Å². The van der Waals surface area contributed by atoms with Crippen molar-refractivity contribution < 1.29 is 9.47 Å². The standard InChI is InChI=1S/C19H29BrN2O2/c1-4-14-15-9-13(21)10-16(20)19(15)22(12(2)3)17(14)11-24-18-7-5-6-8-23-18/h9-10,12,14,17-18H,4-8,11,21H2,1-3H3. The molecule has 2 aliphatic rings. The first-order valence-electron chi connectivity index (χ1n) is 9.13. The van der Waals surface area contributed by atoms with Gasteiger partial charge in [0, 0.05) is 28.7 Å². The quantitative estimate of drug-likeness (QED) is 0.734. The van der Waals surface area contributed by atoms with Crippen LogP contribution in [0.25, 0.3) is 0 Å². The molecule has 0 amide bonds. The van der Waals surface area contributed by atoms with Gasteiger partial charge in [0.15, 0.2) is 6.29 Å². The van der Waals surface area contributed by atoms with Crippen LogP contribution < -0.4 is 10.6 Å². The molecule has 1 aromatic carbocycles. The molecule has 0 bridgehead atoms. The molecule has 2 aliphatic heterocycles. The zero-order chi connectivity index (χ0) is 17.3. The summed E-state index contributed by atoms with van der Waals surface area (Å²) in [7, 11) is 0. The van der Waals surface area contributed by atoms with Gasteiger partial charge in [0.1, 0.15) is 0 Å². The molecular weight excluding hydrogens is 368 g/mol. The maximum Gasteiger partial charge on any atom is 0.157 e. The van der Waals surface area contributed by atoms with Gasteiger partial charge in [0.25, 0.3) is 0 Å². The maximum atomic E-state index is 6.17. The van der Waals surface area contributed by atoms with Gasteiger partial charge in [-0.05, 0) is 73.2 Å². The summed E-state index contributed by atoms with van der Waals surface area (Å²) in [4.78, 5) is 2.50. The van der Waals surface area contributed by atoms with Crippen molar-refractivity contribution in [2.75, 3.05) is 23.8 Å². The highest BCUT2D eigenvalue weighted by Gasteiger charge is 2.40.